The van der Waals surface area contributed by atoms with Crippen molar-refractivity contribution in [1.29, 1.82) is 0 Å². The van der Waals surface area contributed by atoms with E-state index in [-0.39, 0.29) is 54.3 Å². The Balaban J connectivity index is 1.95. The summed E-state index contributed by atoms with van der Waals surface area (Å²) in [7, 11) is -0.903. The van der Waals surface area contributed by atoms with Gasteiger partial charge in [0.15, 0.2) is 0 Å². The van der Waals surface area contributed by atoms with Crippen molar-refractivity contribution in [3.63, 3.8) is 0 Å². The Kier molecular flexibility index (Phi) is 14.2. The summed E-state index contributed by atoms with van der Waals surface area (Å²) in [6.07, 6.45) is 0.271. The largest absolute Gasteiger partial charge is 0.368 e. The molecule has 0 saturated carbocycles. The summed E-state index contributed by atoms with van der Waals surface area (Å²) in [4.78, 5) is 62.5. The summed E-state index contributed by atoms with van der Waals surface area (Å²) in [6, 6.07) is 15.7. The van der Waals surface area contributed by atoms with Gasteiger partial charge in [0.2, 0.25) is 29.5 Å². The van der Waals surface area contributed by atoms with Gasteiger partial charge >= 0.3 is 0 Å². The second-order valence-corrected chi connectivity index (χ2v) is 18.4. The molecule has 6 N–H and O–H groups in total. The molecule has 251 valence electrons. The van der Waals surface area contributed by atoms with Crippen LogP contribution in [0.3, 0.4) is 0 Å². The van der Waals surface area contributed by atoms with Crippen LogP contribution in [0, 0.1) is 5.92 Å². The van der Waals surface area contributed by atoms with Crippen LogP contribution < -0.4 is 32.2 Å². The molecule has 0 unspecified atom stereocenters. The maximum absolute atomic E-state index is 13.0. The first kappa shape index (κ1) is 38.2. The van der Waals surface area contributed by atoms with Crippen molar-refractivity contribution in [2.75, 3.05) is 13.1 Å². The van der Waals surface area contributed by atoms with Gasteiger partial charge in [0.25, 0.3) is 0 Å². The molecule has 2 rings (SSSR count). The molecular formula is C35H52N5O5Si. The molecule has 10 nitrogen and oxygen atoms in total. The molecule has 5 amide bonds. The Morgan fingerprint density at radius 1 is 0.739 bits per heavy atom. The van der Waals surface area contributed by atoms with Crippen molar-refractivity contribution >= 4 is 43.5 Å². The number of primary amides is 1. The van der Waals surface area contributed by atoms with Gasteiger partial charge in [0.05, 0.1) is 21.8 Å². The van der Waals surface area contributed by atoms with Crippen LogP contribution in [0.5, 0.6) is 0 Å². The lowest BCUT2D eigenvalue weighted by Gasteiger charge is -2.39. The molecule has 0 spiro atoms. The van der Waals surface area contributed by atoms with Gasteiger partial charge in [0.1, 0.15) is 12.1 Å². The number of rotatable bonds is 15. The third kappa shape index (κ3) is 12.8. The maximum Gasteiger partial charge on any atom is 0.243 e. The van der Waals surface area contributed by atoms with Crippen molar-refractivity contribution < 1.29 is 24.0 Å². The molecule has 46 heavy (non-hydrogen) atoms. The fourth-order valence-electron chi connectivity index (χ4n) is 5.76. The van der Waals surface area contributed by atoms with Crippen molar-refractivity contribution in [3.05, 3.63) is 65.7 Å². The summed E-state index contributed by atoms with van der Waals surface area (Å²) < 4.78 is 0. The van der Waals surface area contributed by atoms with Gasteiger partial charge < -0.3 is 27.0 Å². The van der Waals surface area contributed by atoms with Crippen LogP contribution in [-0.2, 0) is 36.8 Å². The van der Waals surface area contributed by atoms with E-state index in [1.54, 1.807) is 0 Å². The Morgan fingerprint density at radius 3 is 1.85 bits per heavy atom. The third-order valence-corrected chi connectivity index (χ3v) is 11.3. The van der Waals surface area contributed by atoms with E-state index in [0.717, 1.165) is 11.1 Å². The number of nitrogens with one attached hydrogen (secondary N) is 4. The first-order chi connectivity index (χ1) is 21.4. The van der Waals surface area contributed by atoms with Gasteiger partial charge in [-0.2, -0.15) is 0 Å². The van der Waals surface area contributed by atoms with Gasteiger partial charge in [0, 0.05) is 19.4 Å². The third-order valence-electron chi connectivity index (χ3n) is 7.40. The first-order valence-electron chi connectivity index (χ1n) is 15.8. The second-order valence-electron chi connectivity index (χ2n) is 14.1. The average molecular weight is 651 g/mol. The minimum Gasteiger partial charge on any atom is -0.368 e. The predicted octanol–water partition coefficient (Wildman–Crippen LogP) is 2.51. The van der Waals surface area contributed by atoms with Crippen LogP contribution in [-0.4, -0.2) is 63.5 Å². The van der Waals surface area contributed by atoms with Crippen molar-refractivity contribution in [3.8, 4) is 0 Å². The fraction of sp³-hybridized carbons (Fsp3) is 0.514. The lowest BCUT2D eigenvalue weighted by atomic mass is 10.0. The number of carbonyl (C=O) groups excluding carboxylic acids is 5. The summed E-state index contributed by atoms with van der Waals surface area (Å²) >= 11 is 0. The van der Waals surface area contributed by atoms with E-state index in [1.165, 1.54) is 5.19 Å². The Labute approximate surface area is 275 Å². The smallest absolute Gasteiger partial charge is 0.243 e. The quantitative estimate of drug-likeness (QED) is 0.187. The summed E-state index contributed by atoms with van der Waals surface area (Å²) in [5.41, 5.74) is 6.83. The number of nitrogens with two attached hydrogens (primary N) is 1. The van der Waals surface area contributed by atoms with Crippen LogP contribution >= 0.6 is 0 Å². The zero-order valence-electron chi connectivity index (χ0n) is 28.6. The highest BCUT2D eigenvalue weighted by atomic mass is 28.3. The van der Waals surface area contributed by atoms with Crippen LogP contribution in [0.1, 0.15) is 72.9 Å². The average Bonchev–Trinajstić information content (AvgIpc) is 2.94. The van der Waals surface area contributed by atoms with Crippen LogP contribution in [0.15, 0.2) is 54.6 Å². The lowest BCUT2D eigenvalue weighted by molar-refractivity contribution is -0.131. The molecule has 2 aromatic carbocycles. The molecule has 0 aromatic heterocycles. The van der Waals surface area contributed by atoms with Gasteiger partial charge in [-0.25, -0.2) is 0 Å². The highest BCUT2D eigenvalue weighted by molar-refractivity contribution is 6.78. The summed E-state index contributed by atoms with van der Waals surface area (Å²) in [5.74, 6) is -2.53. The molecule has 1 radical (unpaired) electrons. The van der Waals surface area contributed by atoms with E-state index in [0.29, 0.717) is 0 Å². The van der Waals surface area contributed by atoms with E-state index in [4.69, 9.17) is 5.73 Å². The van der Waals surface area contributed by atoms with E-state index in [9.17, 15) is 24.0 Å². The molecule has 0 bridgehead atoms. The minimum absolute atomic E-state index is 0.0117. The highest BCUT2D eigenvalue weighted by Crippen LogP contribution is 2.41. The zero-order chi connectivity index (χ0) is 34.7. The fourth-order valence-corrected chi connectivity index (χ4v) is 10.2. The van der Waals surface area contributed by atoms with E-state index >= 15 is 0 Å². The van der Waals surface area contributed by atoms with Crippen LogP contribution in [0.25, 0.3) is 0 Å². The summed E-state index contributed by atoms with van der Waals surface area (Å²) in [5, 5.41) is 12.4. The number of amides is 5. The van der Waals surface area contributed by atoms with Gasteiger partial charge in [-0.1, -0.05) is 115 Å². The molecule has 2 aromatic rings. The summed E-state index contributed by atoms with van der Waals surface area (Å²) in [6.45, 7) is 17.1. The molecule has 11 heteroatoms. The molecule has 0 aliphatic carbocycles. The topological polar surface area (TPSA) is 159 Å². The highest BCUT2D eigenvalue weighted by Gasteiger charge is 2.38. The number of hydrogen-bond donors (Lipinski definition) is 5. The normalized spacial score (nSPS) is 13.1. The Bertz CT molecular complexity index is 1320. The molecule has 0 fully saturated rings. The molecule has 0 aliphatic heterocycles. The molecule has 0 aliphatic rings. The van der Waals surface area contributed by atoms with Crippen molar-refractivity contribution in [1.82, 2.24) is 21.3 Å². The predicted molar refractivity (Wildman–Crippen MR) is 184 cm³/mol. The zero-order valence-corrected chi connectivity index (χ0v) is 29.6. The standard InChI is InChI=1S/C35H52N5O5Si/c1-23(2)31(40-30(43)21-25-14-16-26(17-15-25)46(34(3,4)5)35(6,7)8)33(45)37-19-18-29(42)39-27(32(44)38-22-28(36)41)20-24-12-10-9-11-13-24/h9-17,23,27,31H,18-22H2,1-8H3,(H2,36,41)(H,37,45)(H,38,44)(H,39,42)(H,40,43)/t27-,31-/m0/s1. The van der Waals surface area contributed by atoms with E-state index < -0.39 is 44.5 Å². The van der Waals surface area contributed by atoms with Gasteiger partial charge in [-0.3, -0.25) is 24.0 Å². The molecular weight excluding hydrogens is 599 g/mol. The number of carbonyl (C=O) groups is 5. The van der Waals surface area contributed by atoms with Crippen LogP contribution in [0.4, 0.5) is 0 Å². The molecule has 0 saturated heterocycles. The Hall–Kier alpha value is -3.99. The minimum atomic E-state index is -0.934. The first-order valence-corrected chi connectivity index (χ1v) is 17.3. The number of hydrogen-bond acceptors (Lipinski definition) is 5. The van der Waals surface area contributed by atoms with E-state index in [2.05, 4.69) is 74.9 Å². The maximum atomic E-state index is 13.0. The second kappa shape index (κ2) is 17.1. The monoisotopic (exact) mass is 650 g/mol. The lowest BCUT2D eigenvalue weighted by Crippen LogP contribution is -2.51. The van der Waals surface area contributed by atoms with Gasteiger partial charge in [-0.05, 0) is 27.1 Å². The number of benzene rings is 2. The Morgan fingerprint density at radius 2 is 1.33 bits per heavy atom. The SMILES string of the molecule is CC(C)[C@H](NC(=O)Cc1ccc([Si](C(C)(C)C)C(C)(C)C)cc1)C(=O)NCCC(=O)N[C@@H](Cc1ccccc1)C(=O)NCC(N)=O. The van der Waals surface area contributed by atoms with Gasteiger partial charge in [-0.15, -0.1) is 0 Å². The van der Waals surface area contributed by atoms with Crippen molar-refractivity contribution in [2.45, 2.75) is 96.8 Å². The van der Waals surface area contributed by atoms with Crippen LogP contribution in [0.2, 0.25) is 10.1 Å². The molecule has 2 atom stereocenters. The molecule has 0 heterocycles. The van der Waals surface area contributed by atoms with E-state index in [1.807, 2.05) is 56.3 Å². The van der Waals surface area contributed by atoms with Crippen molar-refractivity contribution in [2.24, 2.45) is 11.7 Å².